The van der Waals surface area contributed by atoms with E-state index in [1.54, 1.807) is 12.4 Å². The summed E-state index contributed by atoms with van der Waals surface area (Å²) >= 11 is 0. The van der Waals surface area contributed by atoms with Gasteiger partial charge in [0.25, 0.3) is 0 Å². The van der Waals surface area contributed by atoms with Gasteiger partial charge in [-0.05, 0) is 18.8 Å². The topological polar surface area (TPSA) is 58.5 Å². The number of anilines is 1. The number of allylic oxidation sites excluding steroid dienone is 1. The summed E-state index contributed by atoms with van der Waals surface area (Å²) in [5.41, 5.74) is 0. The van der Waals surface area contributed by atoms with Crippen molar-refractivity contribution in [2.24, 2.45) is 5.92 Å². The molecule has 2 heterocycles. The molecule has 0 aliphatic carbocycles. The first-order valence-corrected chi connectivity index (χ1v) is 6.26. The molecule has 0 bridgehead atoms. The average molecular weight is 249 g/mol. The summed E-state index contributed by atoms with van der Waals surface area (Å²) in [6.45, 7) is 6.00. The zero-order valence-electron chi connectivity index (χ0n) is 10.5. The number of piperidine rings is 1. The number of aromatic nitrogens is 2. The highest BCUT2D eigenvalue weighted by Crippen LogP contribution is 2.22. The maximum atomic E-state index is 8.71. The molecule has 18 heavy (non-hydrogen) atoms. The van der Waals surface area contributed by atoms with Crippen LogP contribution in [0.3, 0.4) is 0 Å². The van der Waals surface area contributed by atoms with Crippen molar-refractivity contribution in [3.63, 3.8) is 0 Å². The average Bonchev–Trinajstić information content (AvgIpc) is 2.45. The SMILES string of the molecule is C=CC1CCN(c2cncc(OCCO)n2)CC1. The number of aliphatic hydroxyl groups excluding tert-OH is 1. The molecule has 0 amide bonds. The molecule has 2 rings (SSSR count). The van der Waals surface area contributed by atoms with Gasteiger partial charge < -0.3 is 14.7 Å². The lowest BCUT2D eigenvalue weighted by atomic mass is 9.97. The van der Waals surface area contributed by atoms with E-state index in [2.05, 4.69) is 21.4 Å². The number of hydrogen-bond acceptors (Lipinski definition) is 5. The smallest absolute Gasteiger partial charge is 0.234 e. The van der Waals surface area contributed by atoms with E-state index in [0.29, 0.717) is 11.8 Å². The Bertz CT molecular complexity index is 390. The van der Waals surface area contributed by atoms with Crippen LogP contribution < -0.4 is 9.64 Å². The molecule has 1 aromatic heterocycles. The summed E-state index contributed by atoms with van der Waals surface area (Å²) in [5, 5.41) is 8.71. The van der Waals surface area contributed by atoms with Gasteiger partial charge in [0.1, 0.15) is 6.61 Å². The lowest BCUT2D eigenvalue weighted by molar-refractivity contribution is 0.196. The van der Waals surface area contributed by atoms with Gasteiger partial charge in [-0.25, -0.2) is 0 Å². The molecule has 98 valence electrons. The summed E-state index contributed by atoms with van der Waals surface area (Å²) < 4.78 is 5.26. The number of aliphatic hydroxyl groups is 1. The van der Waals surface area contributed by atoms with Gasteiger partial charge in [-0.2, -0.15) is 4.98 Å². The van der Waals surface area contributed by atoms with Crippen molar-refractivity contribution in [2.45, 2.75) is 12.8 Å². The summed E-state index contributed by atoms with van der Waals surface area (Å²) in [7, 11) is 0. The van der Waals surface area contributed by atoms with E-state index in [1.165, 1.54) is 0 Å². The van der Waals surface area contributed by atoms with Crippen LogP contribution >= 0.6 is 0 Å². The third-order valence-corrected chi connectivity index (χ3v) is 3.14. The van der Waals surface area contributed by atoms with Crippen LogP contribution in [0, 0.1) is 5.92 Å². The van der Waals surface area contributed by atoms with Crippen molar-refractivity contribution in [3.8, 4) is 5.88 Å². The molecule has 0 aromatic carbocycles. The summed E-state index contributed by atoms with van der Waals surface area (Å²) in [5.74, 6) is 1.92. The van der Waals surface area contributed by atoms with Gasteiger partial charge in [-0.1, -0.05) is 6.08 Å². The van der Waals surface area contributed by atoms with E-state index in [-0.39, 0.29) is 13.2 Å². The molecule has 0 spiro atoms. The lowest BCUT2D eigenvalue weighted by Gasteiger charge is -2.31. The molecule has 0 unspecified atom stereocenters. The fraction of sp³-hybridized carbons (Fsp3) is 0.538. The van der Waals surface area contributed by atoms with Crippen molar-refractivity contribution in [1.82, 2.24) is 9.97 Å². The van der Waals surface area contributed by atoms with Crippen LogP contribution in [-0.2, 0) is 0 Å². The highest BCUT2D eigenvalue weighted by Gasteiger charge is 2.18. The van der Waals surface area contributed by atoms with Crippen molar-refractivity contribution in [2.75, 3.05) is 31.2 Å². The van der Waals surface area contributed by atoms with Gasteiger partial charge in [0.15, 0.2) is 5.82 Å². The lowest BCUT2D eigenvalue weighted by Crippen LogP contribution is -2.33. The van der Waals surface area contributed by atoms with Gasteiger partial charge in [-0.3, -0.25) is 4.98 Å². The first-order chi connectivity index (χ1) is 8.83. The minimum Gasteiger partial charge on any atom is -0.474 e. The van der Waals surface area contributed by atoms with Crippen LogP contribution in [0.15, 0.2) is 25.0 Å². The molecule has 1 fully saturated rings. The molecule has 1 saturated heterocycles. The summed E-state index contributed by atoms with van der Waals surface area (Å²) in [6, 6.07) is 0. The summed E-state index contributed by atoms with van der Waals surface area (Å²) in [4.78, 5) is 10.7. The van der Waals surface area contributed by atoms with Gasteiger partial charge in [0.2, 0.25) is 5.88 Å². The van der Waals surface area contributed by atoms with Crippen molar-refractivity contribution in [3.05, 3.63) is 25.0 Å². The van der Waals surface area contributed by atoms with Crippen LogP contribution in [0.4, 0.5) is 5.82 Å². The Morgan fingerprint density at radius 3 is 2.89 bits per heavy atom. The molecule has 0 radical (unpaired) electrons. The molecule has 5 nitrogen and oxygen atoms in total. The largest absolute Gasteiger partial charge is 0.474 e. The minimum absolute atomic E-state index is 0.0172. The van der Waals surface area contributed by atoms with Crippen LogP contribution in [0.5, 0.6) is 5.88 Å². The molecule has 1 N–H and O–H groups in total. The van der Waals surface area contributed by atoms with Crippen LogP contribution in [0.2, 0.25) is 0 Å². The second kappa shape index (κ2) is 6.35. The maximum Gasteiger partial charge on any atom is 0.234 e. The quantitative estimate of drug-likeness (QED) is 0.796. The van der Waals surface area contributed by atoms with Crippen LogP contribution in [0.25, 0.3) is 0 Å². The normalized spacial score (nSPS) is 16.6. The molecular weight excluding hydrogens is 230 g/mol. The second-order valence-corrected chi connectivity index (χ2v) is 4.35. The van der Waals surface area contributed by atoms with Crippen LogP contribution in [-0.4, -0.2) is 41.4 Å². The number of ether oxygens (including phenoxy) is 1. The highest BCUT2D eigenvalue weighted by atomic mass is 16.5. The minimum atomic E-state index is -0.0172. The Kier molecular flexibility index (Phi) is 4.52. The monoisotopic (exact) mass is 249 g/mol. The van der Waals surface area contributed by atoms with E-state index in [9.17, 15) is 0 Å². The molecule has 0 atom stereocenters. The number of rotatable bonds is 5. The Balaban J connectivity index is 1.98. The Labute approximate surface area is 107 Å². The number of hydrogen-bond donors (Lipinski definition) is 1. The van der Waals surface area contributed by atoms with Crippen molar-refractivity contribution >= 4 is 5.82 Å². The Morgan fingerprint density at radius 2 is 2.22 bits per heavy atom. The van der Waals surface area contributed by atoms with Gasteiger partial charge in [0, 0.05) is 13.1 Å². The van der Waals surface area contributed by atoms with E-state index >= 15 is 0 Å². The summed E-state index contributed by atoms with van der Waals surface area (Å²) in [6.07, 6.45) is 7.55. The van der Waals surface area contributed by atoms with Gasteiger partial charge in [-0.15, -0.1) is 6.58 Å². The van der Waals surface area contributed by atoms with Gasteiger partial charge >= 0.3 is 0 Å². The number of nitrogens with zero attached hydrogens (tertiary/aromatic N) is 3. The highest BCUT2D eigenvalue weighted by molar-refractivity contribution is 5.38. The molecule has 5 heteroatoms. The standard InChI is InChI=1S/C13H19N3O2/c1-2-11-3-5-16(6-4-11)12-9-14-10-13(15-12)18-8-7-17/h2,9-11,17H,1,3-8H2. The molecule has 1 aromatic rings. The molecule has 1 aliphatic rings. The van der Waals surface area contributed by atoms with Crippen molar-refractivity contribution < 1.29 is 9.84 Å². The van der Waals surface area contributed by atoms with E-state index in [4.69, 9.17) is 9.84 Å². The first kappa shape index (κ1) is 12.8. The predicted molar refractivity (Wildman–Crippen MR) is 69.7 cm³/mol. The van der Waals surface area contributed by atoms with Crippen molar-refractivity contribution in [1.29, 1.82) is 0 Å². The third kappa shape index (κ3) is 3.20. The fourth-order valence-corrected chi connectivity index (χ4v) is 2.07. The Morgan fingerprint density at radius 1 is 1.44 bits per heavy atom. The predicted octanol–water partition coefficient (Wildman–Crippen LogP) is 1.25. The van der Waals surface area contributed by atoms with E-state index < -0.39 is 0 Å². The van der Waals surface area contributed by atoms with Gasteiger partial charge in [0.05, 0.1) is 19.0 Å². The van der Waals surface area contributed by atoms with Crippen LogP contribution in [0.1, 0.15) is 12.8 Å². The third-order valence-electron chi connectivity index (χ3n) is 3.14. The second-order valence-electron chi connectivity index (χ2n) is 4.35. The fourth-order valence-electron chi connectivity index (χ4n) is 2.07. The molecule has 0 saturated carbocycles. The van der Waals surface area contributed by atoms with E-state index in [0.717, 1.165) is 31.7 Å². The first-order valence-electron chi connectivity index (χ1n) is 6.26. The molecular formula is C13H19N3O2. The molecule has 1 aliphatic heterocycles. The Hall–Kier alpha value is -1.62. The maximum absolute atomic E-state index is 8.71. The van der Waals surface area contributed by atoms with E-state index in [1.807, 2.05) is 6.08 Å². The zero-order chi connectivity index (χ0) is 12.8. The zero-order valence-corrected chi connectivity index (χ0v) is 10.5.